The molecular weight excluding hydrogens is 258 g/mol. The summed E-state index contributed by atoms with van der Waals surface area (Å²) in [5.41, 5.74) is 2.91. The summed E-state index contributed by atoms with van der Waals surface area (Å²) in [4.78, 5) is 7.08. The van der Waals surface area contributed by atoms with Crippen LogP contribution in [0.1, 0.15) is 64.6 Å². The molecule has 1 unspecified atom stereocenters. The molecular formula is C18H31N3. The summed E-state index contributed by atoms with van der Waals surface area (Å²) in [7, 11) is 4.22. The lowest BCUT2D eigenvalue weighted by atomic mass is 9.75. The van der Waals surface area contributed by atoms with Crippen molar-refractivity contribution in [2.45, 2.75) is 65.0 Å². The van der Waals surface area contributed by atoms with Crippen molar-refractivity contribution in [1.29, 1.82) is 0 Å². The maximum atomic E-state index is 4.66. The summed E-state index contributed by atoms with van der Waals surface area (Å²) in [6.07, 6.45) is 8.33. The van der Waals surface area contributed by atoms with Gasteiger partial charge in [-0.1, -0.05) is 20.8 Å². The second-order valence-corrected chi connectivity index (χ2v) is 7.20. The van der Waals surface area contributed by atoms with Gasteiger partial charge in [0.1, 0.15) is 0 Å². The normalized spacial score (nSPS) is 20.2. The van der Waals surface area contributed by atoms with Gasteiger partial charge in [-0.3, -0.25) is 4.98 Å². The molecule has 118 valence electrons. The molecule has 0 saturated heterocycles. The first-order valence-electron chi connectivity index (χ1n) is 8.33. The fourth-order valence-corrected chi connectivity index (χ4v) is 3.36. The maximum absolute atomic E-state index is 4.66. The molecule has 1 aromatic rings. The third-order valence-corrected chi connectivity index (χ3v) is 5.15. The van der Waals surface area contributed by atoms with Crippen LogP contribution in [0.5, 0.6) is 0 Å². The van der Waals surface area contributed by atoms with Gasteiger partial charge in [0.2, 0.25) is 0 Å². The molecule has 0 aliphatic heterocycles. The lowest BCUT2D eigenvalue weighted by Crippen LogP contribution is -2.37. The molecule has 3 nitrogen and oxygen atoms in total. The van der Waals surface area contributed by atoms with Crippen molar-refractivity contribution in [1.82, 2.24) is 10.3 Å². The van der Waals surface area contributed by atoms with E-state index in [4.69, 9.17) is 0 Å². The minimum Gasteiger partial charge on any atom is -0.370 e. The summed E-state index contributed by atoms with van der Waals surface area (Å²) in [6.45, 7) is 6.97. The highest BCUT2D eigenvalue weighted by molar-refractivity contribution is 5.45. The fraction of sp³-hybridized carbons (Fsp3) is 0.722. The first-order valence-corrected chi connectivity index (χ1v) is 8.33. The third kappa shape index (κ3) is 3.97. The maximum Gasteiger partial charge on any atom is 0.0574 e. The molecule has 1 fully saturated rings. The van der Waals surface area contributed by atoms with Crippen LogP contribution < -0.4 is 10.2 Å². The van der Waals surface area contributed by atoms with Crippen LogP contribution in [-0.4, -0.2) is 25.1 Å². The summed E-state index contributed by atoms with van der Waals surface area (Å²) >= 11 is 0. The van der Waals surface area contributed by atoms with Crippen molar-refractivity contribution < 1.29 is 0 Å². The molecule has 1 saturated carbocycles. The molecule has 21 heavy (non-hydrogen) atoms. The van der Waals surface area contributed by atoms with E-state index in [0.29, 0.717) is 17.5 Å². The van der Waals surface area contributed by atoms with Gasteiger partial charge in [-0.2, -0.15) is 0 Å². The molecule has 3 heteroatoms. The van der Waals surface area contributed by atoms with E-state index in [9.17, 15) is 0 Å². The highest BCUT2D eigenvalue weighted by Crippen LogP contribution is 2.37. The van der Waals surface area contributed by atoms with Crippen molar-refractivity contribution in [2.24, 2.45) is 5.41 Å². The third-order valence-electron chi connectivity index (χ3n) is 5.15. The molecule has 0 aromatic carbocycles. The Labute approximate surface area is 130 Å². The number of hydrogen-bond donors (Lipinski definition) is 1. The zero-order valence-corrected chi connectivity index (χ0v) is 14.3. The van der Waals surface area contributed by atoms with Crippen LogP contribution in [0.4, 0.5) is 5.69 Å². The number of rotatable bonds is 5. The van der Waals surface area contributed by atoms with Crippen LogP contribution in [0.15, 0.2) is 18.3 Å². The first-order chi connectivity index (χ1) is 9.96. The van der Waals surface area contributed by atoms with Crippen LogP contribution in [0.2, 0.25) is 0 Å². The highest BCUT2D eigenvalue weighted by Gasteiger charge is 2.29. The Morgan fingerprint density at radius 1 is 1.33 bits per heavy atom. The SMILES string of the molecule is CCC(NC)c1ccc(N(C)C2CCC(C)(C)CC2)cn1. The average Bonchev–Trinajstić information content (AvgIpc) is 2.48. The second-order valence-electron chi connectivity index (χ2n) is 7.20. The zero-order valence-electron chi connectivity index (χ0n) is 14.3. The molecule has 1 heterocycles. The summed E-state index contributed by atoms with van der Waals surface area (Å²) in [5, 5.41) is 3.31. The number of anilines is 1. The largest absolute Gasteiger partial charge is 0.370 e. The Morgan fingerprint density at radius 3 is 2.48 bits per heavy atom. The highest BCUT2D eigenvalue weighted by atomic mass is 15.1. The van der Waals surface area contributed by atoms with Gasteiger partial charge in [-0.05, 0) is 56.7 Å². The quantitative estimate of drug-likeness (QED) is 0.882. The molecule has 0 spiro atoms. The Hall–Kier alpha value is -1.09. The van der Waals surface area contributed by atoms with E-state index < -0.39 is 0 Å². The Balaban J connectivity index is 2.01. The van der Waals surface area contributed by atoms with Gasteiger partial charge < -0.3 is 10.2 Å². The van der Waals surface area contributed by atoms with Crippen molar-refractivity contribution in [3.63, 3.8) is 0 Å². The minimum atomic E-state index is 0.361. The van der Waals surface area contributed by atoms with Gasteiger partial charge in [0.15, 0.2) is 0 Å². The van der Waals surface area contributed by atoms with Crippen molar-refractivity contribution >= 4 is 5.69 Å². The van der Waals surface area contributed by atoms with Crippen molar-refractivity contribution in [3.05, 3.63) is 24.0 Å². The van der Waals surface area contributed by atoms with E-state index in [1.807, 2.05) is 13.2 Å². The monoisotopic (exact) mass is 289 g/mol. The van der Waals surface area contributed by atoms with E-state index in [1.165, 1.54) is 31.4 Å². The molecule has 0 radical (unpaired) electrons. The standard InChI is InChI=1S/C18H31N3/c1-6-16(19-4)17-8-7-15(13-20-17)21(5)14-9-11-18(2,3)12-10-14/h7-8,13-14,16,19H,6,9-12H2,1-5H3. The lowest BCUT2D eigenvalue weighted by Gasteiger charge is -2.39. The Morgan fingerprint density at radius 2 is 2.00 bits per heavy atom. The average molecular weight is 289 g/mol. The molecule has 0 bridgehead atoms. The van der Waals surface area contributed by atoms with Crippen LogP contribution in [0, 0.1) is 5.41 Å². The summed E-state index contributed by atoms with van der Waals surface area (Å²) < 4.78 is 0. The molecule has 0 amide bonds. The van der Waals surface area contributed by atoms with Crippen LogP contribution in [-0.2, 0) is 0 Å². The zero-order chi connectivity index (χ0) is 15.5. The predicted octanol–water partition coefficient (Wildman–Crippen LogP) is 4.16. The van der Waals surface area contributed by atoms with E-state index in [1.54, 1.807) is 0 Å². The number of aromatic nitrogens is 1. The van der Waals surface area contributed by atoms with Crippen molar-refractivity contribution in [3.8, 4) is 0 Å². The summed E-state index contributed by atoms with van der Waals surface area (Å²) in [5.74, 6) is 0. The van der Waals surface area contributed by atoms with Gasteiger partial charge in [0.25, 0.3) is 0 Å². The van der Waals surface area contributed by atoms with Crippen molar-refractivity contribution in [2.75, 3.05) is 19.0 Å². The van der Waals surface area contributed by atoms with E-state index in [0.717, 1.165) is 12.1 Å². The van der Waals surface area contributed by atoms with Gasteiger partial charge in [0, 0.05) is 19.1 Å². The van der Waals surface area contributed by atoms with Gasteiger partial charge >= 0.3 is 0 Å². The molecule has 1 aromatic heterocycles. The predicted molar refractivity (Wildman–Crippen MR) is 90.8 cm³/mol. The Bertz CT molecular complexity index is 424. The lowest BCUT2D eigenvalue weighted by molar-refractivity contribution is 0.222. The van der Waals surface area contributed by atoms with E-state index in [-0.39, 0.29) is 0 Å². The number of nitrogens with one attached hydrogen (secondary N) is 1. The number of nitrogens with zero attached hydrogens (tertiary/aromatic N) is 2. The second kappa shape index (κ2) is 6.78. The van der Waals surface area contributed by atoms with E-state index >= 15 is 0 Å². The molecule has 2 rings (SSSR count). The van der Waals surface area contributed by atoms with Gasteiger partial charge in [-0.25, -0.2) is 0 Å². The van der Waals surface area contributed by atoms with Gasteiger partial charge in [-0.15, -0.1) is 0 Å². The molecule has 1 aliphatic carbocycles. The number of hydrogen-bond acceptors (Lipinski definition) is 3. The molecule has 1 atom stereocenters. The number of pyridine rings is 1. The Kier molecular flexibility index (Phi) is 5.26. The van der Waals surface area contributed by atoms with Gasteiger partial charge in [0.05, 0.1) is 17.6 Å². The van der Waals surface area contributed by atoms with E-state index in [2.05, 4.69) is 55.2 Å². The molecule has 1 aliphatic rings. The first kappa shape index (κ1) is 16.3. The topological polar surface area (TPSA) is 28.2 Å². The summed E-state index contributed by atoms with van der Waals surface area (Å²) in [6, 6.07) is 5.42. The minimum absolute atomic E-state index is 0.361. The smallest absolute Gasteiger partial charge is 0.0574 e. The molecule has 1 N–H and O–H groups in total. The fourth-order valence-electron chi connectivity index (χ4n) is 3.36. The van der Waals surface area contributed by atoms with Crippen LogP contribution in [0.3, 0.4) is 0 Å². The van der Waals surface area contributed by atoms with Crippen LogP contribution >= 0.6 is 0 Å². The van der Waals surface area contributed by atoms with Crippen LogP contribution in [0.25, 0.3) is 0 Å².